The molecule has 0 radical (unpaired) electrons. The maximum Gasteiger partial charge on any atom is 0.273 e. The van der Waals surface area contributed by atoms with Crippen LogP contribution in [0.3, 0.4) is 0 Å². The van der Waals surface area contributed by atoms with Gasteiger partial charge >= 0.3 is 0 Å². The number of nitrogens with zero attached hydrogens (tertiary/aromatic N) is 3. The summed E-state index contributed by atoms with van der Waals surface area (Å²) in [5.74, 6) is 1.17. The van der Waals surface area contributed by atoms with E-state index in [9.17, 15) is 10.1 Å². The summed E-state index contributed by atoms with van der Waals surface area (Å²) in [4.78, 5) is 14.5. The van der Waals surface area contributed by atoms with Crippen molar-refractivity contribution in [2.45, 2.75) is 19.9 Å². The third-order valence-electron chi connectivity index (χ3n) is 2.59. The third kappa shape index (κ3) is 3.59. The van der Waals surface area contributed by atoms with Crippen molar-refractivity contribution in [1.82, 2.24) is 15.5 Å². The molecule has 0 aliphatic carbocycles. The third-order valence-corrected chi connectivity index (χ3v) is 2.59. The quantitative estimate of drug-likeness (QED) is 0.483. The SMILES string of the molecule is Cc1noc(CCNCc2ccccc2[N+](=O)[O-])n1. The zero-order valence-electron chi connectivity index (χ0n) is 10.5. The lowest BCUT2D eigenvalue weighted by Gasteiger charge is -2.04. The van der Waals surface area contributed by atoms with Gasteiger partial charge < -0.3 is 9.84 Å². The predicted octanol–water partition coefficient (Wildman–Crippen LogP) is 1.62. The van der Waals surface area contributed by atoms with Crippen LogP contribution in [-0.2, 0) is 13.0 Å². The number of para-hydroxylation sites is 1. The highest BCUT2D eigenvalue weighted by atomic mass is 16.6. The fraction of sp³-hybridized carbons (Fsp3) is 0.333. The van der Waals surface area contributed by atoms with Gasteiger partial charge in [-0.3, -0.25) is 10.1 Å². The first-order chi connectivity index (χ1) is 9.16. The van der Waals surface area contributed by atoms with Gasteiger partial charge in [-0.15, -0.1) is 0 Å². The standard InChI is InChI=1S/C12H14N4O3/c1-9-14-12(19-15-9)6-7-13-8-10-4-2-3-5-11(10)16(17)18/h2-5,13H,6-8H2,1H3. The molecular formula is C12H14N4O3. The Bertz CT molecular complexity index is 568. The molecule has 0 amide bonds. The normalized spacial score (nSPS) is 10.6. The van der Waals surface area contributed by atoms with E-state index in [4.69, 9.17) is 4.52 Å². The van der Waals surface area contributed by atoms with E-state index >= 15 is 0 Å². The van der Waals surface area contributed by atoms with Gasteiger partial charge in [-0.2, -0.15) is 4.98 Å². The Morgan fingerprint density at radius 3 is 2.89 bits per heavy atom. The first-order valence-corrected chi connectivity index (χ1v) is 5.89. The largest absolute Gasteiger partial charge is 0.339 e. The molecule has 1 heterocycles. The maximum absolute atomic E-state index is 10.8. The Labute approximate surface area is 109 Å². The van der Waals surface area contributed by atoms with Crippen LogP contribution in [0.25, 0.3) is 0 Å². The van der Waals surface area contributed by atoms with Gasteiger partial charge in [0.05, 0.1) is 4.92 Å². The molecule has 0 saturated heterocycles. The average molecular weight is 262 g/mol. The van der Waals surface area contributed by atoms with Gasteiger partial charge in [0.1, 0.15) is 0 Å². The number of nitro benzene ring substituents is 1. The van der Waals surface area contributed by atoms with Crippen molar-refractivity contribution in [2.75, 3.05) is 6.54 Å². The molecule has 1 aromatic carbocycles. The van der Waals surface area contributed by atoms with Crippen molar-refractivity contribution in [3.05, 3.63) is 51.7 Å². The number of hydrogen-bond acceptors (Lipinski definition) is 6. The lowest BCUT2D eigenvalue weighted by atomic mass is 10.2. The van der Waals surface area contributed by atoms with Crippen LogP contribution in [0, 0.1) is 17.0 Å². The second-order valence-corrected chi connectivity index (χ2v) is 4.05. The first-order valence-electron chi connectivity index (χ1n) is 5.89. The van der Waals surface area contributed by atoms with Gasteiger partial charge in [-0.05, 0) is 6.92 Å². The van der Waals surface area contributed by atoms with E-state index in [2.05, 4.69) is 15.5 Å². The van der Waals surface area contributed by atoms with Gasteiger partial charge in [0.25, 0.3) is 5.69 Å². The van der Waals surface area contributed by atoms with Crippen LogP contribution in [0.5, 0.6) is 0 Å². The fourth-order valence-electron chi connectivity index (χ4n) is 1.70. The Morgan fingerprint density at radius 1 is 1.42 bits per heavy atom. The minimum Gasteiger partial charge on any atom is -0.339 e. The molecule has 2 rings (SSSR count). The van der Waals surface area contributed by atoms with Crippen molar-refractivity contribution >= 4 is 5.69 Å². The summed E-state index contributed by atoms with van der Waals surface area (Å²) in [5.41, 5.74) is 0.790. The van der Waals surface area contributed by atoms with E-state index in [1.54, 1.807) is 25.1 Å². The van der Waals surface area contributed by atoms with E-state index in [1.807, 2.05) is 0 Å². The number of hydrogen-bond donors (Lipinski definition) is 1. The van der Waals surface area contributed by atoms with Crippen LogP contribution in [0.4, 0.5) is 5.69 Å². The van der Waals surface area contributed by atoms with Crippen molar-refractivity contribution < 1.29 is 9.45 Å². The number of rotatable bonds is 6. The minimum absolute atomic E-state index is 0.128. The van der Waals surface area contributed by atoms with Crippen molar-refractivity contribution in [1.29, 1.82) is 0 Å². The zero-order valence-corrected chi connectivity index (χ0v) is 10.5. The van der Waals surface area contributed by atoms with Gasteiger partial charge in [0, 0.05) is 31.1 Å². The van der Waals surface area contributed by atoms with E-state index in [0.29, 0.717) is 36.8 Å². The summed E-state index contributed by atoms with van der Waals surface area (Å²) in [6, 6.07) is 6.68. The zero-order chi connectivity index (χ0) is 13.7. The molecule has 0 aliphatic heterocycles. The summed E-state index contributed by atoms with van der Waals surface area (Å²) in [7, 11) is 0. The van der Waals surface area contributed by atoms with E-state index in [-0.39, 0.29) is 10.6 Å². The Morgan fingerprint density at radius 2 is 2.21 bits per heavy atom. The Hall–Kier alpha value is -2.28. The van der Waals surface area contributed by atoms with Gasteiger partial charge in [-0.1, -0.05) is 23.4 Å². The molecule has 0 bridgehead atoms. The van der Waals surface area contributed by atoms with Crippen molar-refractivity contribution in [3.63, 3.8) is 0 Å². The number of aromatic nitrogens is 2. The highest BCUT2D eigenvalue weighted by molar-refractivity contribution is 5.39. The lowest BCUT2D eigenvalue weighted by molar-refractivity contribution is -0.385. The molecule has 1 N–H and O–H groups in total. The minimum atomic E-state index is -0.377. The molecule has 19 heavy (non-hydrogen) atoms. The van der Waals surface area contributed by atoms with Crippen LogP contribution in [0.2, 0.25) is 0 Å². The molecule has 0 fully saturated rings. The number of benzene rings is 1. The summed E-state index contributed by atoms with van der Waals surface area (Å²) < 4.78 is 4.97. The summed E-state index contributed by atoms with van der Waals surface area (Å²) in [5, 5.41) is 17.6. The van der Waals surface area contributed by atoms with E-state index in [1.165, 1.54) is 6.07 Å². The second-order valence-electron chi connectivity index (χ2n) is 4.05. The predicted molar refractivity (Wildman–Crippen MR) is 67.5 cm³/mol. The average Bonchev–Trinajstić information content (AvgIpc) is 2.81. The molecule has 7 heteroatoms. The topological polar surface area (TPSA) is 94.1 Å². The van der Waals surface area contributed by atoms with Gasteiger partial charge in [0.2, 0.25) is 5.89 Å². The molecule has 0 saturated carbocycles. The van der Waals surface area contributed by atoms with Crippen LogP contribution >= 0.6 is 0 Å². The molecule has 0 atom stereocenters. The second kappa shape index (κ2) is 6.05. The molecule has 1 aromatic heterocycles. The summed E-state index contributed by atoms with van der Waals surface area (Å²) >= 11 is 0. The number of nitrogens with one attached hydrogen (secondary N) is 1. The first kappa shape index (κ1) is 13.2. The molecule has 0 aliphatic rings. The van der Waals surface area contributed by atoms with Crippen LogP contribution in [0.15, 0.2) is 28.8 Å². The van der Waals surface area contributed by atoms with Crippen LogP contribution in [-0.4, -0.2) is 21.6 Å². The fourth-order valence-corrected chi connectivity index (χ4v) is 1.70. The van der Waals surface area contributed by atoms with Crippen molar-refractivity contribution in [2.24, 2.45) is 0 Å². The molecule has 2 aromatic rings. The summed E-state index contributed by atoms with van der Waals surface area (Å²) in [6.07, 6.45) is 0.599. The maximum atomic E-state index is 10.8. The van der Waals surface area contributed by atoms with Crippen molar-refractivity contribution in [3.8, 4) is 0 Å². The smallest absolute Gasteiger partial charge is 0.273 e. The highest BCUT2D eigenvalue weighted by Gasteiger charge is 2.11. The van der Waals surface area contributed by atoms with Crippen LogP contribution in [0.1, 0.15) is 17.3 Å². The Balaban J connectivity index is 1.84. The lowest BCUT2D eigenvalue weighted by Crippen LogP contribution is -2.17. The highest BCUT2D eigenvalue weighted by Crippen LogP contribution is 2.16. The molecule has 7 nitrogen and oxygen atoms in total. The molecule has 0 unspecified atom stereocenters. The number of aryl methyl sites for hydroxylation is 1. The van der Waals surface area contributed by atoms with Gasteiger partial charge in [0.15, 0.2) is 5.82 Å². The monoisotopic (exact) mass is 262 g/mol. The van der Waals surface area contributed by atoms with E-state index < -0.39 is 0 Å². The molecule has 100 valence electrons. The van der Waals surface area contributed by atoms with E-state index in [0.717, 1.165) is 0 Å². The molecule has 0 spiro atoms. The Kier molecular flexibility index (Phi) is 4.19. The summed E-state index contributed by atoms with van der Waals surface area (Å²) in [6.45, 7) is 2.81. The molecular weight excluding hydrogens is 248 g/mol. The number of nitro groups is 1. The van der Waals surface area contributed by atoms with Gasteiger partial charge in [-0.25, -0.2) is 0 Å². The van der Waals surface area contributed by atoms with Crippen LogP contribution < -0.4 is 5.32 Å².